The fraction of sp³-hybridized carbons (Fsp3) is 0.750. The van der Waals surface area contributed by atoms with E-state index in [-0.39, 0.29) is 18.9 Å². The van der Waals surface area contributed by atoms with Crippen LogP contribution in [-0.2, 0) is 9.59 Å². The first-order chi connectivity index (χ1) is 4.37. The topological polar surface area (TPSA) is 34.1 Å². The van der Waals surface area contributed by atoms with Crippen molar-refractivity contribution >= 4 is 11.6 Å². The summed E-state index contributed by atoms with van der Waals surface area (Å²) in [4.78, 5) is 19.6. The van der Waals surface area contributed by atoms with Crippen LogP contribution in [0.15, 0.2) is 0 Å². The summed E-state index contributed by atoms with van der Waals surface area (Å²) in [6.45, 7) is 8.44. The second-order valence-corrected chi connectivity index (χ2v) is 2.67. The molecule has 2 heteroatoms. The van der Waals surface area contributed by atoms with Gasteiger partial charge in [0.05, 0.1) is 0 Å². The van der Waals surface area contributed by atoms with Gasteiger partial charge in [-0.3, -0.25) is 4.79 Å². The molecule has 0 aliphatic heterocycles. The molecule has 0 heterocycles. The molecule has 0 aromatic heterocycles. The summed E-state index contributed by atoms with van der Waals surface area (Å²) in [5.41, 5.74) is 0. The van der Waals surface area contributed by atoms with Crippen molar-refractivity contribution < 1.29 is 11.0 Å². The van der Waals surface area contributed by atoms with Gasteiger partial charge in [-0.15, -0.1) is 0 Å². The molecule has 62 valence electrons. The summed E-state index contributed by atoms with van der Waals surface area (Å²) in [6.07, 6.45) is 0. The maximum atomic E-state index is 10.1. The van der Waals surface area contributed by atoms with Gasteiger partial charge in [-0.2, -0.15) is 0 Å². The van der Waals surface area contributed by atoms with Gasteiger partial charge in [0.2, 0.25) is 0 Å². The van der Waals surface area contributed by atoms with E-state index in [1.807, 2.05) is 13.8 Å². The Bertz CT molecular complexity index is 115. The van der Waals surface area contributed by atoms with E-state index in [4.69, 9.17) is 0 Å². The molecule has 0 atom stereocenters. The summed E-state index contributed by atoms with van der Waals surface area (Å²) in [7, 11) is 0. The maximum Gasteiger partial charge on any atom is 0.132 e. The van der Waals surface area contributed by atoms with Gasteiger partial charge in [0.15, 0.2) is 0 Å². The van der Waals surface area contributed by atoms with Crippen molar-refractivity contribution in [2.24, 2.45) is 5.92 Å². The summed E-state index contributed by atoms with van der Waals surface area (Å²) >= 11 is 0. The molecule has 2 nitrogen and oxygen atoms in total. The van der Waals surface area contributed by atoms with Crippen LogP contribution in [0, 0.1) is 5.92 Å². The molecule has 0 aliphatic rings. The van der Waals surface area contributed by atoms with E-state index in [0.29, 0.717) is 0 Å². The number of Topliss-reactive ketones (excluding diaryl/α,β-unsaturated/α-hetero) is 2. The van der Waals surface area contributed by atoms with E-state index in [2.05, 4.69) is 0 Å². The van der Waals surface area contributed by atoms with Crippen molar-refractivity contribution in [3.63, 3.8) is 0 Å². The van der Waals surface area contributed by atoms with Crippen molar-refractivity contribution in [2.45, 2.75) is 34.6 Å². The van der Waals surface area contributed by atoms with E-state index in [9.17, 15) is 9.59 Å². The van der Waals surface area contributed by atoms with Crippen LogP contribution in [0.4, 0.5) is 0 Å². The molecule has 0 bridgehead atoms. The predicted molar refractivity (Wildman–Crippen MR) is 44.0 cm³/mol. The lowest BCUT2D eigenvalue weighted by Gasteiger charge is -1.90. The highest BCUT2D eigenvalue weighted by Gasteiger charge is 1.95. The first-order valence-electron chi connectivity index (χ1n) is 3.35. The minimum absolute atomic E-state index is 0. The van der Waals surface area contributed by atoms with Gasteiger partial charge in [0.25, 0.3) is 0 Å². The molecular weight excluding hydrogens is 128 g/mol. The van der Waals surface area contributed by atoms with Gasteiger partial charge in [-0.1, -0.05) is 13.8 Å². The first-order valence-corrected chi connectivity index (χ1v) is 3.35. The Hall–Kier alpha value is -0.660. The maximum absolute atomic E-state index is 10.1. The fourth-order valence-electron chi connectivity index (χ4n) is 0. The zero-order valence-corrected chi connectivity index (χ0v) is 7.39. The lowest BCUT2D eigenvalue weighted by atomic mass is 10.1. The summed E-state index contributed by atoms with van der Waals surface area (Å²) in [6, 6.07) is 0. The van der Waals surface area contributed by atoms with Crippen LogP contribution in [0.25, 0.3) is 0 Å². The lowest BCUT2D eigenvalue weighted by molar-refractivity contribution is -0.119. The minimum Gasteiger partial charge on any atom is -0.300 e. The third-order valence-corrected chi connectivity index (χ3v) is 0.813. The highest BCUT2D eigenvalue weighted by Crippen LogP contribution is 1.89. The van der Waals surface area contributed by atoms with Crippen LogP contribution in [0.3, 0.4) is 0 Å². The standard InChI is InChI=1S/C5H10O.C3H6O.H2/c1-4(2)5(3)6;1-3(2)4;/h4H,1-3H3;1-2H3;1H. The molecule has 0 spiro atoms. The lowest BCUT2D eigenvalue weighted by Crippen LogP contribution is -1.98. The highest BCUT2D eigenvalue weighted by atomic mass is 16.1. The molecule has 0 radical (unpaired) electrons. The molecule has 0 N–H and O–H groups in total. The van der Waals surface area contributed by atoms with Crippen molar-refractivity contribution in [3.8, 4) is 0 Å². The van der Waals surface area contributed by atoms with E-state index in [1.165, 1.54) is 13.8 Å². The van der Waals surface area contributed by atoms with Gasteiger partial charge in [0.1, 0.15) is 11.6 Å². The Labute approximate surface area is 64.1 Å². The van der Waals surface area contributed by atoms with Gasteiger partial charge < -0.3 is 4.79 Å². The van der Waals surface area contributed by atoms with Crippen LogP contribution < -0.4 is 0 Å². The minimum atomic E-state index is 0. The van der Waals surface area contributed by atoms with Gasteiger partial charge >= 0.3 is 0 Å². The van der Waals surface area contributed by atoms with Gasteiger partial charge in [-0.25, -0.2) is 0 Å². The number of hydrogen-bond acceptors (Lipinski definition) is 2. The average Bonchev–Trinajstić information content (AvgIpc) is 1.63. The Kier molecular flexibility index (Phi) is 7.79. The summed E-state index contributed by atoms with van der Waals surface area (Å²) < 4.78 is 0. The van der Waals surface area contributed by atoms with Gasteiger partial charge in [-0.05, 0) is 20.8 Å². The zero-order valence-electron chi connectivity index (χ0n) is 7.39. The normalized spacial score (nSPS) is 8.20. The van der Waals surface area contributed by atoms with Crippen LogP contribution in [0.5, 0.6) is 0 Å². The van der Waals surface area contributed by atoms with Crippen molar-refractivity contribution in [3.05, 3.63) is 0 Å². The number of carbonyl (C=O) groups is 2. The van der Waals surface area contributed by atoms with E-state index in [1.54, 1.807) is 6.92 Å². The third kappa shape index (κ3) is 26.4. The van der Waals surface area contributed by atoms with E-state index in [0.717, 1.165) is 0 Å². The Morgan fingerprint density at radius 2 is 1.20 bits per heavy atom. The smallest absolute Gasteiger partial charge is 0.132 e. The van der Waals surface area contributed by atoms with Gasteiger partial charge in [0, 0.05) is 7.34 Å². The Morgan fingerprint density at radius 3 is 1.20 bits per heavy atom. The number of hydrogen-bond donors (Lipinski definition) is 0. The average molecular weight is 146 g/mol. The Balaban J connectivity index is -0.000000114. The predicted octanol–water partition coefficient (Wildman–Crippen LogP) is 2.07. The van der Waals surface area contributed by atoms with Crippen molar-refractivity contribution in [2.75, 3.05) is 0 Å². The quantitative estimate of drug-likeness (QED) is 0.567. The molecule has 0 unspecified atom stereocenters. The van der Waals surface area contributed by atoms with Crippen LogP contribution >= 0.6 is 0 Å². The number of carbonyl (C=O) groups excluding carboxylic acids is 2. The molecule has 0 saturated carbocycles. The Morgan fingerprint density at radius 1 is 1.10 bits per heavy atom. The van der Waals surface area contributed by atoms with E-state index >= 15 is 0 Å². The molecule has 0 rings (SSSR count). The summed E-state index contributed by atoms with van der Waals surface area (Å²) in [5, 5.41) is 0. The molecular formula is C8H18O2. The second-order valence-electron chi connectivity index (χ2n) is 2.67. The number of rotatable bonds is 1. The molecule has 0 amide bonds. The molecule has 0 saturated heterocycles. The molecule has 0 fully saturated rings. The van der Waals surface area contributed by atoms with Crippen LogP contribution in [-0.4, -0.2) is 11.6 Å². The van der Waals surface area contributed by atoms with Crippen LogP contribution in [0.2, 0.25) is 0 Å². The van der Waals surface area contributed by atoms with Crippen LogP contribution in [0.1, 0.15) is 36.0 Å². The second kappa shape index (κ2) is 6.46. The highest BCUT2D eigenvalue weighted by molar-refractivity contribution is 5.77. The largest absolute Gasteiger partial charge is 0.300 e. The monoisotopic (exact) mass is 146 g/mol. The zero-order chi connectivity index (χ0) is 8.73. The summed E-state index contributed by atoms with van der Waals surface area (Å²) in [5.74, 6) is 0.639. The molecule has 0 aliphatic carbocycles. The molecule has 0 aromatic rings. The SMILES string of the molecule is CC(=O)C(C)C.CC(C)=O.[HH]. The third-order valence-electron chi connectivity index (χ3n) is 0.813. The molecule has 0 aromatic carbocycles. The van der Waals surface area contributed by atoms with Crippen molar-refractivity contribution in [1.29, 1.82) is 0 Å². The fourth-order valence-corrected chi connectivity index (χ4v) is 0. The first kappa shape index (κ1) is 12.1. The van der Waals surface area contributed by atoms with E-state index < -0.39 is 0 Å². The molecule has 10 heavy (non-hydrogen) atoms. The number of ketones is 2. The van der Waals surface area contributed by atoms with Crippen molar-refractivity contribution in [1.82, 2.24) is 0 Å².